The first-order valence-electron chi connectivity index (χ1n) is 6.20. The first-order chi connectivity index (χ1) is 9.29. The zero-order valence-electron chi connectivity index (χ0n) is 11.7. The lowest BCUT2D eigenvalue weighted by Gasteiger charge is -2.12. The van der Waals surface area contributed by atoms with Gasteiger partial charge in [-0.2, -0.15) is 0 Å². The van der Waals surface area contributed by atoms with Gasteiger partial charge in [-0.1, -0.05) is 15.9 Å². The largest absolute Gasteiger partial charge is 0.481 e. The normalized spacial score (nSPS) is 12.0. The number of carbonyl (C=O) groups is 2. The van der Waals surface area contributed by atoms with Crippen molar-refractivity contribution in [3.63, 3.8) is 0 Å². The monoisotopic (exact) mass is 359 g/mol. The number of hydrogen-bond donors (Lipinski definition) is 2. The number of halogens is 1. The summed E-state index contributed by atoms with van der Waals surface area (Å²) in [4.78, 5) is 23.3. The van der Waals surface area contributed by atoms with Crippen molar-refractivity contribution in [2.45, 2.75) is 38.1 Å². The standard InChI is InChI=1S/C14H18BrNO3S/c1-8-5-12(9(2)4-11(8)15)20-7-13(17)16-10(3)6-14(18)19/h4-5,10H,6-7H2,1-3H3,(H,16,17)(H,18,19). The molecule has 1 atom stereocenters. The Hall–Kier alpha value is -1.01. The van der Waals surface area contributed by atoms with Crippen molar-refractivity contribution in [1.29, 1.82) is 0 Å². The number of benzene rings is 1. The molecule has 0 bridgehead atoms. The molecule has 0 aromatic heterocycles. The number of carboxylic acid groups (broad SMARTS) is 1. The number of rotatable bonds is 6. The van der Waals surface area contributed by atoms with E-state index in [1.165, 1.54) is 11.8 Å². The van der Waals surface area contributed by atoms with E-state index >= 15 is 0 Å². The second-order valence-electron chi connectivity index (χ2n) is 4.72. The van der Waals surface area contributed by atoms with Gasteiger partial charge in [-0.15, -0.1) is 11.8 Å². The third kappa shape index (κ3) is 5.54. The van der Waals surface area contributed by atoms with Crippen molar-refractivity contribution in [2.24, 2.45) is 0 Å². The van der Waals surface area contributed by atoms with Crippen LogP contribution in [0.4, 0.5) is 0 Å². The second kappa shape index (κ2) is 7.69. The molecule has 1 unspecified atom stereocenters. The Morgan fingerprint density at radius 2 is 2.00 bits per heavy atom. The van der Waals surface area contributed by atoms with Gasteiger partial charge in [0.05, 0.1) is 12.2 Å². The minimum Gasteiger partial charge on any atom is -0.481 e. The number of aryl methyl sites for hydroxylation is 2. The van der Waals surface area contributed by atoms with Gasteiger partial charge in [0.15, 0.2) is 0 Å². The molecule has 0 fully saturated rings. The summed E-state index contributed by atoms with van der Waals surface area (Å²) in [7, 11) is 0. The third-order valence-corrected chi connectivity index (χ3v) is 4.71. The fourth-order valence-corrected chi connectivity index (χ4v) is 3.06. The molecule has 0 saturated heterocycles. The van der Waals surface area contributed by atoms with Gasteiger partial charge in [0, 0.05) is 15.4 Å². The van der Waals surface area contributed by atoms with Gasteiger partial charge in [-0.3, -0.25) is 9.59 Å². The Morgan fingerprint density at radius 3 is 2.60 bits per heavy atom. The SMILES string of the molecule is Cc1cc(SCC(=O)NC(C)CC(=O)O)c(C)cc1Br. The van der Waals surface area contributed by atoms with Crippen molar-refractivity contribution in [3.05, 3.63) is 27.7 Å². The van der Waals surface area contributed by atoms with E-state index in [0.717, 1.165) is 20.5 Å². The average Bonchev–Trinajstić information content (AvgIpc) is 2.30. The summed E-state index contributed by atoms with van der Waals surface area (Å²) in [6.45, 7) is 5.69. The summed E-state index contributed by atoms with van der Waals surface area (Å²) in [5.74, 6) is -0.778. The Bertz CT molecular complexity index is 519. The van der Waals surface area contributed by atoms with Crippen molar-refractivity contribution in [2.75, 3.05) is 5.75 Å². The molecule has 20 heavy (non-hydrogen) atoms. The lowest BCUT2D eigenvalue weighted by atomic mass is 10.2. The molecule has 4 nitrogen and oxygen atoms in total. The van der Waals surface area contributed by atoms with Crippen LogP contribution in [0.25, 0.3) is 0 Å². The molecule has 0 radical (unpaired) electrons. The summed E-state index contributed by atoms with van der Waals surface area (Å²) in [5.41, 5.74) is 2.23. The van der Waals surface area contributed by atoms with E-state index < -0.39 is 5.97 Å². The Balaban J connectivity index is 2.53. The highest BCUT2D eigenvalue weighted by Crippen LogP contribution is 2.28. The van der Waals surface area contributed by atoms with Crippen LogP contribution >= 0.6 is 27.7 Å². The van der Waals surface area contributed by atoms with Gasteiger partial charge in [0.1, 0.15) is 0 Å². The first-order valence-corrected chi connectivity index (χ1v) is 7.98. The molecule has 0 spiro atoms. The van der Waals surface area contributed by atoms with E-state index in [2.05, 4.69) is 21.2 Å². The fourth-order valence-electron chi connectivity index (χ4n) is 1.68. The molecular formula is C14H18BrNO3S. The molecule has 0 aliphatic carbocycles. The molecular weight excluding hydrogens is 342 g/mol. The van der Waals surface area contributed by atoms with Crippen LogP contribution in [0, 0.1) is 13.8 Å². The summed E-state index contributed by atoms with van der Waals surface area (Å²) in [6.07, 6.45) is -0.0627. The molecule has 0 aliphatic heterocycles. The number of thioether (sulfide) groups is 1. The Kier molecular flexibility index (Phi) is 6.55. The Labute approximate surface area is 131 Å². The molecule has 2 N–H and O–H groups in total. The lowest BCUT2D eigenvalue weighted by molar-refractivity contribution is -0.137. The summed E-state index contributed by atoms with van der Waals surface area (Å²) in [6, 6.07) is 3.72. The van der Waals surface area contributed by atoms with Crippen molar-refractivity contribution >= 4 is 39.6 Å². The highest BCUT2D eigenvalue weighted by molar-refractivity contribution is 9.10. The van der Waals surface area contributed by atoms with Gasteiger partial charge in [0.25, 0.3) is 0 Å². The number of aliphatic carboxylic acids is 1. The maximum Gasteiger partial charge on any atom is 0.305 e. The van der Waals surface area contributed by atoms with Crippen molar-refractivity contribution in [1.82, 2.24) is 5.32 Å². The van der Waals surface area contributed by atoms with Gasteiger partial charge >= 0.3 is 5.97 Å². The zero-order valence-corrected chi connectivity index (χ0v) is 14.1. The molecule has 0 aliphatic rings. The van der Waals surface area contributed by atoms with Crippen molar-refractivity contribution < 1.29 is 14.7 Å². The molecule has 1 aromatic carbocycles. The number of carbonyl (C=O) groups excluding carboxylic acids is 1. The van der Waals surface area contributed by atoms with E-state index in [-0.39, 0.29) is 24.1 Å². The van der Waals surface area contributed by atoms with Crippen LogP contribution in [0.3, 0.4) is 0 Å². The van der Waals surface area contributed by atoms with Crippen molar-refractivity contribution in [3.8, 4) is 0 Å². The molecule has 0 saturated carbocycles. The van der Waals surface area contributed by atoms with Gasteiger partial charge in [0.2, 0.25) is 5.91 Å². The summed E-state index contributed by atoms with van der Waals surface area (Å²) < 4.78 is 1.05. The highest BCUT2D eigenvalue weighted by Gasteiger charge is 2.12. The van der Waals surface area contributed by atoms with E-state index in [0.29, 0.717) is 0 Å². The van der Waals surface area contributed by atoms with Gasteiger partial charge in [-0.05, 0) is 44.0 Å². The Morgan fingerprint density at radius 1 is 1.35 bits per heavy atom. The fraction of sp³-hybridized carbons (Fsp3) is 0.429. The van der Waals surface area contributed by atoms with E-state index in [9.17, 15) is 9.59 Å². The third-order valence-electron chi connectivity index (χ3n) is 2.70. The smallest absolute Gasteiger partial charge is 0.305 e. The van der Waals surface area contributed by atoms with Crippen LogP contribution in [0.1, 0.15) is 24.5 Å². The zero-order chi connectivity index (χ0) is 15.3. The number of amides is 1. The predicted molar refractivity (Wildman–Crippen MR) is 84.2 cm³/mol. The number of nitrogens with one attached hydrogen (secondary N) is 1. The number of carboxylic acids is 1. The number of hydrogen-bond acceptors (Lipinski definition) is 3. The van der Waals surface area contributed by atoms with Gasteiger partial charge in [-0.25, -0.2) is 0 Å². The molecule has 1 aromatic rings. The summed E-state index contributed by atoms with van der Waals surface area (Å²) in [5, 5.41) is 11.3. The van der Waals surface area contributed by atoms with Gasteiger partial charge < -0.3 is 10.4 Å². The second-order valence-corrected chi connectivity index (χ2v) is 6.59. The minimum absolute atomic E-state index is 0.0627. The molecule has 0 heterocycles. The average molecular weight is 360 g/mol. The van der Waals surface area contributed by atoms with Crippen LogP contribution in [0.5, 0.6) is 0 Å². The maximum absolute atomic E-state index is 11.7. The molecule has 1 amide bonds. The first kappa shape index (κ1) is 17.0. The van der Waals surface area contributed by atoms with Crippen LogP contribution in [0.15, 0.2) is 21.5 Å². The molecule has 6 heteroatoms. The van der Waals surface area contributed by atoms with E-state index in [1.54, 1.807) is 6.92 Å². The van der Waals surface area contributed by atoms with Crippen LogP contribution in [-0.2, 0) is 9.59 Å². The summed E-state index contributed by atoms with van der Waals surface area (Å²) >= 11 is 4.93. The quantitative estimate of drug-likeness (QED) is 0.765. The van der Waals surface area contributed by atoms with E-state index in [4.69, 9.17) is 5.11 Å². The van der Waals surface area contributed by atoms with Crippen LogP contribution in [-0.4, -0.2) is 28.8 Å². The topological polar surface area (TPSA) is 66.4 Å². The maximum atomic E-state index is 11.7. The molecule has 1 rings (SSSR count). The van der Waals surface area contributed by atoms with E-state index in [1.807, 2.05) is 26.0 Å². The highest BCUT2D eigenvalue weighted by atomic mass is 79.9. The van der Waals surface area contributed by atoms with Crippen LogP contribution in [0.2, 0.25) is 0 Å². The predicted octanol–water partition coefficient (Wildman–Crippen LogP) is 3.14. The lowest BCUT2D eigenvalue weighted by Crippen LogP contribution is -2.35. The van der Waals surface area contributed by atoms with Crippen LogP contribution < -0.4 is 5.32 Å². The molecule has 110 valence electrons. The minimum atomic E-state index is -0.912.